The van der Waals surface area contributed by atoms with Gasteiger partial charge >= 0.3 is 5.97 Å². The van der Waals surface area contributed by atoms with Crippen LogP contribution in [0.1, 0.15) is 6.42 Å². The molecular formula is C14H20ClN3O3. The Morgan fingerprint density at radius 1 is 1.33 bits per heavy atom. The van der Waals surface area contributed by atoms with Crippen LogP contribution in [0.25, 0.3) is 0 Å². The standard InChI is InChI=1S/C14H20ClN3O3/c1-18(2)8-7-16-12(14(20)21)9-13(19)17-11-6-4-3-5-10(11)15/h3-6,12,16H,7-9H2,1-2H3,(H,17,19)(H,20,21)/t12-/m1/s1. The van der Waals surface area contributed by atoms with Gasteiger partial charge in [0.2, 0.25) is 5.91 Å². The van der Waals surface area contributed by atoms with Gasteiger partial charge in [0, 0.05) is 13.1 Å². The number of amides is 1. The number of hydrogen-bond donors (Lipinski definition) is 3. The number of aliphatic carboxylic acids is 1. The van der Waals surface area contributed by atoms with E-state index in [0.29, 0.717) is 23.8 Å². The van der Waals surface area contributed by atoms with E-state index in [1.165, 1.54) is 0 Å². The van der Waals surface area contributed by atoms with Crippen LogP contribution in [0.5, 0.6) is 0 Å². The van der Waals surface area contributed by atoms with Crippen LogP contribution < -0.4 is 10.6 Å². The Kier molecular flexibility index (Phi) is 7.14. The van der Waals surface area contributed by atoms with Gasteiger partial charge < -0.3 is 20.6 Å². The molecule has 0 heterocycles. The number of hydrogen-bond acceptors (Lipinski definition) is 4. The van der Waals surface area contributed by atoms with Crippen molar-refractivity contribution in [2.75, 3.05) is 32.5 Å². The highest BCUT2D eigenvalue weighted by molar-refractivity contribution is 6.33. The monoisotopic (exact) mass is 313 g/mol. The fourth-order valence-corrected chi connectivity index (χ4v) is 1.84. The first kappa shape index (κ1) is 17.4. The average Bonchev–Trinajstić information content (AvgIpc) is 2.39. The summed E-state index contributed by atoms with van der Waals surface area (Å²) in [5.74, 6) is -1.45. The molecule has 0 saturated carbocycles. The number of para-hydroxylation sites is 1. The Bertz CT molecular complexity index is 494. The molecule has 0 bridgehead atoms. The van der Waals surface area contributed by atoms with E-state index in [1.54, 1.807) is 24.3 Å². The minimum atomic E-state index is -1.05. The quantitative estimate of drug-likeness (QED) is 0.673. The van der Waals surface area contributed by atoms with E-state index in [2.05, 4.69) is 10.6 Å². The molecule has 0 aliphatic carbocycles. The van der Waals surface area contributed by atoms with Crippen molar-refractivity contribution in [3.05, 3.63) is 29.3 Å². The number of nitrogens with zero attached hydrogens (tertiary/aromatic N) is 1. The summed E-state index contributed by atoms with van der Waals surface area (Å²) in [5, 5.41) is 15.0. The van der Waals surface area contributed by atoms with Crippen LogP contribution in [-0.2, 0) is 9.59 Å². The summed E-state index contributed by atoms with van der Waals surface area (Å²) in [6.45, 7) is 1.18. The Balaban J connectivity index is 2.53. The molecule has 0 spiro atoms. The van der Waals surface area contributed by atoms with Gasteiger partial charge in [-0.25, -0.2) is 0 Å². The summed E-state index contributed by atoms with van der Waals surface area (Å²) in [4.78, 5) is 25.0. The van der Waals surface area contributed by atoms with E-state index < -0.39 is 17.9 Å². The third-order valence-corrected chi connectivity index (χ3v) is 3.11. The van der Waals surface area contributed by atoms with Crippen molar-refractivity contribution in [1.29, 1.82) is 0 Å². The first-order valence-electron chi connectivity index (χ1n) is 6.55. The number of benzene rings is 1. The Morgan fingerprint density at radius 3 is 2.57 bits per heavy atom. The molecule has 1 atom stereocenters. The Labute approximate surface area is 129 Å². The highest BCUT2D eigenvalue weighted by Crippen LogP contribution is 2.20. The summed E-state index contributed by atoms with van der Waals surface area (Å²) >= 11 is 5.93. The highest BCUT2D eigenvalue weighted by Gasteiger charge is 2.20. The van der Waals surface area contributed by atoms with E-state index in [1.807, 2.05) is 19.0 Å². The van der Waals surface area contributed by atoms with Gasteiger partial charge in [0.05, 0.1) is 17.1 Å². The van der Waals surface area contributed by atoms with Gasteiger partial charge in [-0.1, -0.05) is 23.7 Å². The van der Waals surface area contributed by atoms with Gasteiger partial charge in [-0.05, 0) is 26.2 Å². The van der Waals surface area contributed by atoms with Crippen molar-refractivity contribution in [3.63, 3.8) is 0 Å². The van der Waals surface area contributed by atoms with Crippen molar-refractivity contribution >= 4 is 29.2 Å². The lowest BCUT2D eigenvalue weighted by atomic mass is 10.2. The summed E-state index contributed by atoms with van der Waals surface area (Å²) in [7, 11) is 3.78. The number of carbonyl (C=O) groups excluding carboxylic acids is 1. The van der Waals surface area contributed by atoms with Crippen molar-refractivity contribution in [1.82, 2.24) is 10.2 Å². The van der Waals surface area contributed by atoms with Gasteiger partial charge in [-0.3, -0.25) is 9.59 Å². The minimum Gasteiger partial charge on any atom is -0.480 e. The molecule has 0 fully saturated rings. The third kappa shape index (κ3) is 6.57. The average molecular weight is 314 g/mol. The number of carboxylic acid groups (broad SMARTS) is 1. The summed E-state index contributed by atoms with van der Waals surface area (Å²) in [6, 6.07) is 5.88. The maximum absolute atomic E-state index is 11.9. The van der Waals surface area contributed by atoms with Crippen LogP contribution >= 0.6 is 11.6 Å². The lowest BCUT2D eigenvalue weighted by Crippen LogP contribution is -2.42. The van der Waals surface area contributed by atoms with Crippen LogP contribution in [0.3, 0.4) is 0 Å². The van der Waals surface area contributed by atoms with Gasteiger partial charge in [0.15, 0.2) is 0 Å². The van der Waals surface area contributed by atoms with Crippen LogP contribution in [-0.4, -0.2) is 55.1 Å². The van der Waals surface area contributed by atoms with Crippen LogP contribution in [0.2, 0.25) is 5.02 Å². The summed E-state index contributed by atoms with van der Waals surface area (Å²) in [6.07, 6.45) is -0.159. The first-order valence-corrected chi connectivity index (χ1v) is 6.93. The molecule has 116 valence electrons. The zero-order valence-electron chi connectivity index (χ0n) is 12.1. The summed E-state index contributed by atoms with van der Waals surface area (Å²) < 4.78 is 0. The number of anilines is 1. The molecule has 0 saturated heterocycles. The van der Waals surface area contributed by atoms with Crippen molar-refractivity contribution in [2.45, 2.75) is 12.5 Å². The smallest absolute Gasteiger partial charge is 0.321 e. The zero-order chi connectivity index (χ0) is 15.8. The molecular weight excluding hydrogens is 294 g/mol. The molecule has 0 aliphatic rings. The summed E-state index contributed by atoms with van der Waals surface area (Å²) in [5.41, 5.74) is 0.474. The molecule has 0 aromatic heterocycles. The zero-order valence-corrected chi connectivity index (χ0v) is 12.9. The van der Waals surface area contributed by atoms with E-state index >= 15 is 0 Å². The highest BCUT2D eigenvalue weighted by atomic mass is 35.5. The lowest BCUT2D eigenvalue weighted by molar-refractivity contribution is -0.141. The topological polar surface area (TPSA) is 81.7 Å². The van der Waals surface area contributed by atoms with Crippen LogP contribution in [0.15, 0.2) is 24.3 Å². The fourth-order valence-electron chi connectivity index (χ4n) is 1.66. The second-order valence-electron chi connectivity index (χ2n) is 4.88. The van der Waals surface area contributed by atoms with Crippen LogP contribution in [0.4, 0.5) is 5.69 Å². The predicted molar refractivity (Wildman–Crippen MR) is 82.7 cm³/mol. The van der Waals surface area contributed by atoms with Gasteiger partial charge in [-0.15, -0.1) is 0 Å². The Hall–Kier alpha value is -1.63. The molecule has 0 unspecified atom stereocenters. The van der Waals surface area contributed by atoms with Crippen molar-refractivity contribution in [2.24, 2.45) is 0 Å². The second kappa shape index (κ2) is 8.61. The van der Waals surface area contributed by atoms with E-state index in [4.69, 9.17) is 16.7 Å². The normalized spacial score (nSPS) is 12.2. The molecule has 1 aromatic rings. The fraction of sp³-hybridized carbons (Fsp3) is 0.429. The largest absolute Gasteiger partial charge is 0.480 e. The van der Waals surface area contributed by atoms with Crippen molar-refractivity contribution < 1.29 is 14.7 Å². The van der Waals surface area contributed by atoms with Gasteiger partial charge in [0.25, 0.3) is 0 Å². The maximum atomic E-state index is 11.9. The molecule has 3 N–H and O–H groups in total. The number of rotatable bonds is 8. The van der Waals surface area contributed by atoms with Crippen LogP contribution in [0, 0.1) is 0 Å². The lowest BCUT2D eigenvalue weighted by Gasteiger charge is -2.16. The molecule has 0 aliphatic heterocycles. The number of carboxylic acids is 1. The maximum Gasteiger partial charge on any atom is 0.321 e. The molecule has 7 heteroatoms. The number of carbonyl (C=O) groups is 2. The SMILES string of the molecule is CN(C)CCN[C@H](CC(=O)Nc1ccccc1Cl)C(=O)O. The number of likely N-dealkylation sites (N-methyl/N-ethyl adjacent to an activating group) is 1. The molecule has 0 radical (unpaired) electrons. The third-order valence-electron chi connectivity index (χ3n) is 2.79. The Morgan fingerprint density at radius 2 is 2.00 bits per heavy atom. The minimum absolute atomic E-state index is 0.159. The second-order valence-corrected chi connectivity index (χ2v) is 5.29. The van der Waals surface area contributed by atoms with E-state index in [9.17, 15) is 9.59 Å². The molecule has 1 aromatic carbocycles. The molecule has 1 amide bonds. The van der Waals surface area contributed by atoms with E-state index in [0.717, 1.165) is 0 Å². The molecule has 1 rings (SSSR count). The van der Waals surface area contributed by atoms with E-state index in [-0.39, 0.29) is 6.42 Å². The van der Waals surface area contributed by atoms with Gasteiger partial charge in [0.1, 0.15) is 6.04 Å². The van der Waals surface area contributed by atoms with Crippen molar-refractivity contribution in [3.8, 4) is 0 Å². The first-order chi connectivity index (χ1) is 9.90. The number of nitrogens with one attached hydrogen (secondary N) is 2. The predicted octanol–water partition coefficient (Wildman–Crippen LogP) is 1.27. The molecule has 6 nitrogen and oxygen atoms in total. The van der Waals surface area contributed by atoms with Gasteiger partial charge in [-0.2, -0.15) is 0 Å². The number of halogens is 1. The molecule has 21 heavy (non-hydrogen) atoms.